The molecule has 26 heavy (non-hydrogen) atoms. The Balaban J connectivity index is 2.30. The van der Waals surface area contributed by atoms with Gasteiger partial charge in [-0.15, -0.1) is 11.3 Å². The predicted octanol–water partition coefficient (Wildman–Crippen LogP) is 1.30. The maximum atomic E-state index is 12.5. The number of ether oxygens (including phenoxy) is 2. The lowest BCUT2D eigenvalue weighted by Crippen LogP contribution is -2.33. The molecule has 0 bridgehead atoms. The topological polar surface area (TPSA) is 105 Å². The van der Waals surface area contributed by atoms with Crippen molar-refractivity contribution in [1.82, 2.24) is 14.9 Å². The Morgan fingerprint density at radius 3 is 2.77 bits per heavy atom. The molecule has 0 aromatic carbocycles. The van der Waals surface area contributed by atoms with Crippen LogP contribution >= 0.6 is 11.3 Å². The highest BCUT2D eigenvalue weighted by Crippen LogP contribution is 2.27. The number of H-pyrrole nitrogens is 1. The summed E-state index contributed by atoms with van der Waals surface area (Å²) in [5.41, 5.74) is 0.306. The van der Waals surface area contributed by atoms with Crippen LogP contribution in [0.3, 0.4) is 0 Å². The van der Waals surface area contributed by atoms with Gasteiger partial charge in [0.25, 0.3) is 5.56 Å². The van der Waals surface area contributed by atoms with Crippen LogP contribution in [0.2, 0.25) is 0 Å². The van der Waals surface area contributed by atoms with Gasteiger partial charge in [-0.05, 0) is 25.8 Å². The van der Waals surface area contributed by atoms with Crippen LogP contribution in [0.1, 0.15) is 34.4 Å². The van der Waals surface area contributed by atoms with Crippen LogP contribution in [-0.4, -0.2) is 66.0 Å². The fourth-order valence-corrected chi connectivity index (χ4v) is 3.92. The summed E-state index contributed by atoms with van der Waals surface area (Å²) in [6.07, 6.45) is 0.309. The Bertz CT molecular complexity index is 815. The minimum absolute atomic E-state index is 0.275. The van der Waals surface area contributed by atoms with Crippen LogP contribution < -0.4 is 5.56 Å². The molecular weight excluding hydrogens is 358 g/mol. The smallest absolute Gasteiger partial charge is 0.348 e. The highest BCUT2D eigenvalue weighted by Gasteiger charge is 2.20. The monoisotopic (exact) mass is 383 g/mol. The molecule has 2 aromatic heterocycles. The van der Waals surface area contributed by atoms with E-state index in [9.17, 15) is 14.7 Å². The van der Waals surface area contributed by atoms with Crippen LogP contribution in [0.15, 0.2) is 4.79 Å². The average Bonchev–Trinajstić information content (AvgIpc) is 2.91. The van der Waals surface area contributed by atoms with Crippen molar-refractivity contribution < 1.29 is 19.4 Å². The Morgan fingerprint density at radius 1 is 1.42 bits per heavy atom. The second kappa shape index (κ2) is 9.22. The van der Waals surface area contributed by atoms with E-state index in [1.54, 1.807) is 21.0 Å². The van der Waals surface area contributed by atoms with Gasteiger partial charge in [0, 0.05) is 26.8 Å². The van der Waals surface area contributed by atoms with Crippen molar-refractivity contribution in [2.75, 3.05) is 33.9 Å². The SMILES string of the molecule is COCCCN(Cc1nc2sc(C(=O)OC)c(C)c2c(=O)[nH]1)C[C@@H](C)O. The minimum atomic E-state index is -0.497. The summed E-state index contributed by atoms with van der Waals surface area (Å²) in [6, 6.07) is 0. The van der Waals surface area contributed by atoms with Crippen LogP contribution in [0.25, 0.3) is 10.2 Å². The molecule has 0 saturated carbocycles. The number of carbonyl (C=O) groups excluding carboxylic acids is 1. The van der Waals surface area contributed by atoms with Gasteiger partial charge in [-0.2, -0.15) is 0 Å². The largest absolute Gasteiger partial charge is 0.465 e. The normalized spacial score (nSPS) is 12.7. The number of carbonyl (C=O) groups is 1. The molecule has 0 aliphatic heterocycles. The highest BCUT2D eigenvalue weighted by molar-refractivity contribution is 7.20. The number of fused-ring (bicyclic) bond motifs is 1. The molecule has 144 valence electrons. The van der Waals surface area contributed by atoms with E-state index < -0.39 is 12.1 Å². The Kier molecular flexibility index (Phi) is 7.27. The number of aliphatic hydroxyl groups is 1. The number of aryl methyl sites for hydroxylation is 1. The molecule has 0 fully saturated rings. The van der Waals surface area contributed by atoms with Crippen LogP contribution in [0.5, 0.6) is 0 Å². The molecule has 8 nitrogen and oxygen atoms in total. The van der Waals surface area contributed by atoms with E-state index in [0.29, 0.717) is 52.7 Å². The number of esters is 1. The summed E-state index contributed by atoms with van der Waals surface area (Å²) in [5.74, 6) is 0.0278. The first-order valence-electron chi connectivity index (χ1n) is 8.37. The van der Waals surface area contributed by atoms with Gasteiger partial charge in [-0.1, -0.05) is 0 Å². The van der Waals surface area contributed by atoms with Gasteiger partial charge in [0.2, 0.25) is 0 Å². The zero-order chi connectivity index (χ0) is 19.3. The van der Waals surface area contributed by atoms with E-state index in [-0.39, 0.29) is 5.56 Å². The van der Waals surface area contributed by atoms with E-state index in [1.807, 2.05) is 4.90 Å². The molecule has 2 aromatic rings. The van der Waals surface area contributed by atoms with Gasteiger partial charge < -0.3 is 19.6 Å². The molecule has 0 unspecified atom stereocenters. The highest BCUT2D eigenvalue weighted by atomic mass is 32.1. The number of thiophene rings is 1. The van der Waals surface area contributed by atoms with Gasteiger partial charge in [0.1, 0.15) is 15.5 Å². The van der Waals surface area contributed by atoms with Crippen molar-refractivity contribution in [1.29, 1.82) is 0 Å². The minimum Gasteiger partial charge on any atom is -0.465 e. The number of hydrogen-bond acceptors (Lipinski definition) is 8. The first-order chi connectivity index (χ1) is 12.4. The molecular formula is C17H25N3O5S. The number of nitrogens with zero attached hydrogens (tertiary/aromatic N) is 2. The van der Waals surface area contributed by atoms with Crippen LogP contribution in [-0.2, 0) is 16.0 Å². The summed E-state index contributed by atoms with van der Waals surface area (Å²) in [4.78, 5) is 34.5. The maximum absolute atomic E-state index is 12.5. The Morgan fingerprint density at radius 2 is 2.15 bits per heavy atom. The summed E-state index contributed by atoms with van der Waals surface area (Å²) in [7, 11) is 2.95. The molecule has 1 atom stereocenters. The molecule has 9 heteroatoms. The standard InChI is InChI=1S/C17H25N3O5S/c1-10(21)8-20(6-5-7-24-3)9-12-18-15(22)13-11(2)14(17(23)25-4)26-16(13)19-12/h10,21H,5-9H2,1-4H3,(H,18,19,22)/t10-/m1/s1. The third-order valence-corrected chi connectivity index (χ3v) is 5.10. The quantitative estimate of drug-likeness (QED) is 0.497. The molecule has 2 rings (SSSR count). The molecule has 0 radical (unpaired) electrons. The Hall–Kier alpha value is -1.81. The molecule has 0 aliphatic rings. The van der Waals surface area contributed by atoms with E-state index in [1.165, 1.54) is 7.11 Å². The third-order valence-electron chi connectivity index (χ3n) is 3.94. The second-order valence-corrected chi connectivity index (χ2v) is 7.17. The Labute approximate surface area is 155 Å². The zero-order valence-electron chi connectivity index (χ0n) is 15.5. The predicted molar refractivity (Wildman–Crippen MR) is 99.8 cm³/mol. The van der Waals surface area contributed by atoms with Crippen molar-refractivity contribution in [3.8, 4) is 0 Å². The number of nitrogens with one attached hydrogen (secondary N) is 1. The van der Waals surface area contributed by atoms with E-state index in [4.69, 9.17) is 9.47 Å². The van der Waals surface area contributed by atoms with Gasteiger partial charge in [0.05, 0.1) is 25.1 Å². The second-order valence-electron chi connectivity index (χ2n) is 6.17. The van der Waals surface area contributed by atoms with Crippen molar-refractivity contribution in [2.45, 2.75) is 32.9 Å². The lowest BCUT2D eigenvalue weighted by Gasteiger charge is -2.23. The third kappa shape index (κ3) is 4.88. The molecule has 2 N–H and O–H groups in total. The first-order valence-corrected chi connectivity index (χ1v) is 9.19. The lowest BCUT2D eigenvalue weighted by atomic mass is 10.2. The van der Waals surface area contributed by atoms with E-state index in [0.717, 1.165) is 17.8 Å². The average molecular weight is 383 g/mol. The van der Waals surface area contributed by atoms with Crippen molar-refractivity contribution in [3.63, 3.8) is 0 Å². The molecule has 0 saturated heterocycles. The fourth-order valence-electron chi connectivity index (χ4n) is 2.80. The zero-order valence-corrected chi connectivity index (χ0v) is 16.3. The maximum Gasteiger partial charge on any atom is 0.348 e. The number of aromatic amines is 1. The van der Waals surface area contributed by atoms with E-state index in [2.05, 4.69) is 9.97 Å². The number of hydrogen-bond donors (Lipinski definition) is 2. The molecule has 0 amide bonds. The summed E-state index contributed by atoms with van der Waals surface area (Å²) >= 11 is 1.15. The number of rotatable bonds is 9. The number of aliphatic hydroxyl groups excluding tert-OH is 1. The lowest BCUT2D eigenvalue weighted by molar-refractivity contribution is 0.0605. The number of methoxy groups -OCH3 is 2. The fraction of sp³-hybridized carbons (Fsp3) is 0.588. The van der Waals surface area contributed by atoms with Crippen LogP contribution in [0.4, 0.5) is 0 Å². The van der Waals surface area contributed by atoms with Gasteiger partial charge >= 0.3 is 5.97 Å². The summed E-state index contributed by atoms with van der Waals surface area (Å²) < 4.78 is 9.83. The summed E-state index contributed by atoms with van der Waals surface area (Å²) in [6.45, 7) is 5.61. The molecule has 0 spiro atoms. The van der Waals surface area contributed by atoms with Crippen molar-refractivity contribution in [2.24, 2.45) is 0 Å². The molecule has 0 aliphatic carbocycles. The van der Waals surface area contributed by atoms with E-state index >= 15 is 0 Å². The van der Waals surface area contributed by atoms with Gasteiger partial charge in [-0.3, -0.25) is 9.69 Å². The van der Waals surface area contributed by atoms with Gasteiger partial charge in [-0.25, -0.2) is 9.78 Å². The molecule has 2 heterocycles. The van der Waals surface area contributed by atoms with Crippen molar-refractivity contribution >= 4 is 27.5 Å². The number of aromatic nitrogens is 2. The summed E-state index contributed by atoms with van der Waals surface area (Å²) in [5, 5.41) is 10.1. The van der Waals surface area contributed by atoms with Crippen molar-refractivity contribution in [3.05, 3.63) is 26.6 Å². The van der Waals surface area contributed by atoms with Crippen LogP contribution in [0, 0.1) is 6.92 Å². The first kappa shape index (κ1) is 20.5. The van der Waals surface area contributed by atoms with Gasteiger partial charge in [0.15, 0.2) is 0 Å².